The first kappa shape index (κ1) is 13.7. The van der Waals surface area contributed by atoms with Crippen molar-refractivity contribution < 1.29 is 4.74 Å². The van der Waals surface area contributed by atoms with Gasteiger partial charge in [-0.1, -0.05) is 49.6 Å². The van der Waals surface area contributed by atoms with Gasteiger partial charge in [0, 0.05) is 6.54 Å². The van der Waals surface area contributed by atoms with Gasteiger partial charge in [0.25, 0.3) is 0 Å². The van der Waals surface area contributed by atoms with Gasteiger partial charge in [-0.2, -0.15) is 0 Å². The van der Waals surface area contributed by atoms with E-state index in [1.165, 1.54) is 48.8 Å². The minimum atomic E-state index is 0.747. The number of anilines is 1. The van der Waals surface area contributed by atoms with E-state index in [0.717, 1.165) is 30.5 Å². The van der Waals surface area contributed by atoms with Crippen molar-refractivity contribution in [3.05, 3.63) is 48.0 Å². The van der Waals surface area contributed by atoms with Crippen LogP contribution < -0.4 is 10.1 Å². The first-order valence-corrected chi connectivity index (χ1v) is 8.51. The van der Waals surface area contributed by atoms with Crippen molar-refractivity contribution in [1.29, 1.82) is 0 Å². The SMILES string of the molecule is c1cc(C2CCCCC2)ccc1-c1ccc2c(c1)OCCN2. The van der Waals surface area contributed by atoms with Gasteiger partial charge in [-0.15, -0.1) is 0 Å². The summed E-state index contributed by atoms with van der Waals surface area (Å²) in [7, 11) is 0. The van der Waals surface area contributed by atoms with Gasteiger partial charge in [-0.3, -0.25) is 0 Å². The number of nitrogens with one attached hydrogen (secondary N) is 1. The minimum absolute atomic E-state index is 0.747. The molecule has 0 amide bonds. The Morgan fingerprint density at radius 3 is 2.45 bits per heavy atom. The van der Waals surface area contributed by atoms with Crippen molar-refractivity contribution in [2.75, 3.05) is 18.5 Å². The number of hydrogen-bond acceptors (Lipinski definition) is 2. The van der Waals surface area contributed by atoms with Crippen LogP contribution in [-0.2, 0) is 0 Å². The van der Waals surface area contributed by atoms with Gasteiger partial charge >= 0.3 is 0 Å². The predicted molar refractivity (Wildman–Crippen MR) is 91.7 cm³/mol. The van der Waals surface area contributed by atoms with Crippen LogP contribution in [0.1, 0.15) is 43.6 Å². The van der Waals surface area contributed by atoms with E-state index in [1.54, 1.807) is 0 Å². The fraction of sp³-hybridized carbons (Fsp3) is 0.400. The van der Waals surface area contributed by atoms with E-state index in [2.05, 4.69) is 47.8 Å². The molecular weight excluding hydrogens is 270 g/mol. The third-order valence-corrected chi connectivity index (χ3v) is 4.98. The van der Waals surface area contributed by atoms with E-state index in [1.807, 2.05) is 0 Å². The van der Waals surface area contributed by atoms with Gasteiger partial charge < -0.3 is 10.1 Å². The van der Waals surface area contributed by atoms with Crippen LogP contribution in [0.5, 0.6) is 5.75 Å². The molecule has 0 saturated heterocycles. The van der Waals surface area contributed by atoms with Crippen LogP contribution >= 0.6 is 0 Å². The Kier molecular flexibility index (Phi) is 3.75. The quantitative estimate of drug-likeness (QED) is 0.821. The van der Waals surface area contributed by atoms with E-state index >= 15 is 0 Å². The van der Waals surface area contributed by atoms with Crippen molar-refractivity contribution in [3.8, 4) is 16.9 Å². The summed E-state index contributed by atoms with van der Waals surface area (Å²) in [5.74, 6) is 1.75. The average molecular weight is 293 g/mol. The molecule has 1 fully saturated rings. The molecule has 2 aromatic rings. The van der Waals surface area contributed by atoms with Crippen molar-refractivity contribution in [2.45, 2.75) is 38.0 Å². The van der Waals surface area contributed by atoms with Crippen molar-refractivity contribution in [1.82, 2.24) is 0 Å². The maximum absolute atomic E-state index is 5.74. The molecule has 2 nitrogen and oxygen atoms in total. The summed E-state index contributed by atoms with van der Waals surface area (Å²) in [4.78, 5) is 0. The molecule has 1 saturated carbocycles. The van der Waals surface area contributed by atoms with Crippen molar-refractivity contribution in [3.63, 3.8) is 0 Å². The van der Waals surface area contributed by atoms with E-state index in [0.29, 0.717) is 0 Å². The Balaban J connectivity index is 1.57. The Bertz CT molecular complexity index is 641. The number of fused-ring (bicyclic) bond motifs is 1. The van der Waals surface area contributed by atoms with Crippen LogP contribution in [0, 0.1) is 0 Å². The number of hydrogen-bond donors (Lipinski definition) is 1. The molecule has 1 aliphatic carbocycles. The van der Waals surface area contributed by atoms with Gasteiger partial charge in [-0.25, -0.2) is 0 Å². The summed E-state index contributed by atoms with van der Waals surface area (Å²) in [6.45, 7) is 1.64. The Morgan fingerprint density at radius 1 is 0.864 bits per heavy atom. The number of ether oxygens (including phenoxy) is 1. The molecule has 2 heteroatoms. The highest BCUT2D eigenvalue weighted by Gasteiger charge is 2.15. The van der Waals surface area contributed by atoms with Crippen LogP contribution in [0.3, 0.4) is 0 Å². The lowest BCUT2D eigenvalue weighted by atomic mass is 9.84. The standard InChI is InChI=1S/C20H23NO/c1-2-4-15(5-3-1)16-6-8-17(9-7-16)18-10-11-19-20(14-18)22-13-12-21-19/h6-11,14-15,21H,1-5,12-13H2. The maximum Gasteiger partial charge on any atom is 0.143 e. The van der Waals surface area contributed by atoms with Crippen LogP contribution in [0.15, 0.2) is 42.5 Å². The molecule has 0 unspecified atom stereocenters. The van der Waals surface area contributed by atoms with Crippen LogP contribution in [0.2, 0.25) is 0 Å². The largest absolute Gasteiger partial charge is 0.490 e. The van der Waals surface area contributed by atoms with Crippen molar-refractivity contribution >= 4 is 5.69 Å². The Morgan fingerprint density at radius 2 is 1.64 bits per heavy atom. The van der Waals surface area contributed by atoms with E-state index in [9.17, 15) is 0 Å². The van der Waals surface area contributed by atoms with E-state index < -0.39 is 0 Å². The molecule has 0 aromatic heterocycles. The second-order valence-electron chi connectivity index (χ2n) is 6.44. The summed E-state index contributed by atoms with van der Waals surface area (Å²) in [6.07, 6.45) is 6.91. The molecule has 1 aliphatic heterocycles. The smallest absolute Gasteiger partial charge is 0.143 e. The molecule has 2 aromatic carbocycles. The summed E-state index contributed by atoms with van der Waals surface area (Å²) in [5, 5.41) is 3.37. The van der Waals surface area contributed by atoms with E-state index in [-0.39, 0.29) is 0 Å². The monoisotopic (exact) mass is 293 g/mol. The number of benzene rings is 2. The highest BCUT2D eigenvalue weighted by atomic mass is 16.5. The molecule has 22 heavy (non-hydrogen) atoms. The molecular formula is C20H23NO. The highest BCUT2D eigenvalue weighted by molar-refractivity contribution is 5.71. The zero-order valence-electron chi connectivity index (χ0n) is 13.0. The molecule has 4 rings (SSSR count). The Labute approximate surface area is 132 Å². The van der Waals surface area contributed by atoms with E-state index in [4.69, 9.17) is 4.74 Å². The zero-order valence-corrected chi connectivity index (χ0v) is 13.0. The topological polar surface area (TPSA) is 21.3 Å². The van der Waals surface area contributed by atoms with Crippen LogP contribution in [0.25, 0.3) is 11.1 Å². The molecule has 0 spiro atoms. The summed E-state index contributed by atoms with van der Waals surface area (Å²) in [6, 6.07) is 15.6. The average Bonchev–Trinajstić information content (AvgIpc) is 2.62. The molecule has 114 valence electrons. The Hall–Kier alpha value is -1.96. The van der Waals surface area contributed by atoms with Gasteiger partial charge in [0.2, 0.25) is 0 Å². The lowest BCUT2D eigenvalue weighted by Crippen LogP contribution is -2.17. The summed E-state index contributed by atoms with van der Waals surface area (Å²) in [5.41, 5.74) is 5.13. The van der Waals surface area contributed by atoms with Crippen molar-refractivity contribution in [2.24, 2.45) is 0 Å². The summed E-state index contributed by atoms with van der Waals surface area (Å²) >= 11 is 0. The third kappa shape index (κ3) is 2.70. The molecule has 1 N–H and O–H groups in total. The fourth-order valence-corrected chi connectivity index (χ4v) is 3.70. The summed E-state index contributed by atoms with van der Waals surface area (Å²) < 4.78 is 5.74. The number of rotatable bonds is 2. The highest BCUT2D eigenvalue weighted by Crippen LogP contribution is 2.35. The van der Waals surface area contributed by atoms with Gasteiger partial charge in [-0.05, 0) is 47.6 Å². The zero-order chi connectivity index (χ0) is 14.8. The molecule has 0 atom stereocenters. The van der Waals surface area contributed by atoms with Crippen LogP contribution in [-0.4, -0.2) is 13.2 Å². The van der Waals surface area contributed by atoms with Gasteiger partial charge in [0.1, 0.15) is 12.4 Å². The second-order valence-corrected chi connectivity index (χ2v) is 6.44. The van der Waals surface area contributed by atoms with Crippen LogP contribution in [0.4, 0.5) is 5.69 Å². The predicted octanol–water partition coefficient (Wildman–Crippen LogP) is 5.21. The molecule has 1 heterocycles. The fourth-order valence-electron chi connectivity index (χ4n) is 3.70. The lowest BCUT2D eigenvalue weighted by Gasteiger charge is -2.22. The van der Waals surface area contributed by atoms with Gasteiger partial charge in [0.05, 0.1) is 5.69 Å². The maximum atomic E-state index is 5.74. The first-order valence-electron chi connectivity index (χ1n) is 8.51. The third-order valence-electron chi connectivity index (χ3n) is 4.98. The minimum Gasteiger partial charge on any atom is -0.490 e. The first-order chi connectivity index (χ1) is 10.9. The second kappa shape index (κ2) is 6.04. The molecule has 0 bridgehead atoms. The lowest BCUT2D eigenvalue weighted by molar-refractivity contribution is 0.323. The van der Waals surface area contributed by atoms with Gasteiger partial charge in [0.15, 0.2) is 0 Å². The molecule has 0 radical (unpaired) electrons. The molecule has 2 aliphatic rings. The normalized spacial score (nSPS) is 18.2.